The summed E-state index contributed by atoms with van der Waals surface area (Å²) in [5, 5.41) is 3.36. The Balaban J connectivity index is 1.79. The van der Waals surface area contributed by atoms with Crippen LogP contribution in [0.2, 0.25) is 0 Å². The standard InChI is InChI=1S/C15H15BrN4/c1-9-5-12(16)8-18-15(9)17-7-11-3-4-13-14(6-11)20-10(2)19-13/h3-6,8H,7H2,1-2H3,(H,17,18)(H,19,20). The molecule has 5 heteroatoms. The van der Waals surface area contributed by atoms with Gasteiger partial charge in [-0.25, -0.2) is 9.97 Å². The van der Waals surface area contributed by atoms with Crippen molar-refractivity contribution in [2.45, 2.75) is 20.4 Å². The molecule has 0 atom stereocenters. The highest BCUT2D eigenvalue weighted by molar-refractivity contribution is 9.10. The van der Waals surface area contributed by atoms with Gasteiger partial charge in [-0.1, -0.05) is 6.07 Å². The number of halogens is 1. The number of aromatic amines is 1. The molecule has 0 unspecified atom stereocenters. The molecular weight excluding hydrogens is 316 g/mol. The average Bonchev–Trinajstić information content (AvgIpc) is 2.77. The molecule has 0 saturated carbocycles. The van der Waals surface area contributed by atoms with Crippen molar-refractivity contribution < 1.29 is 0 Å². The van der Waals surface area contributed by atoms with Crippen molar-refractivity contribution in [2.75, 3.05) is 5.32 Å². The Morgan fingerprint density at radius 1 is 1.25 bits per heavy atom. The number of aryl methyl sites for hydroxylation is 2. The lowest BCUT2D eigenvalue weighted by molar-refractivity contribution is 1.09. The number of rotatable bonds is 3. The number of benzene rings is 1. The Morgan fingerprint density at radius 3 is 2.90 bits per heavy atom. The zero-order valence-electron chi connectivity index (χ0n) is 11.4. The van der Waals surface area contributed by atoms with Crippen LogP contribution in [0.1, 0.15) is 17.0 Å². The van der Waals surface area contributed by atoms with Crippen LogP contribution in [0.4, 0.5) is 5.82 Å². The monoisotopic (exact) mass is 330 g/mol. The number of nitrogens with one attached hydrogen (secondary N) is 2. The first-order chi connectivity index (χ1) is 9.61. The summed E-state index contributed by atoms with van der Waals surface area (Å²) in [6.07, 6.45) is 1.80. The Morgan fingerprint density at radius 2 is 2.10 bits per heavy atom. The lowest BCUT2D eigenvalue weighted by Crippen LogP contribution is -2.03. The molecule has 2 N–H and O–H groups in total. The number of nitrogens with zero attached hydrogens (tertiary/aromatic N) is 2. The molecule has 0 aliphatic rings. The van der Waals surface area contributed by atoms with Gasteiger partial charge in [-0.05, 0) is 59.1 Å². The fraction of sp³-hybridized carbons (Fsp3) is 0.200. The molecule has 0 aliphatic carbocycles. The third kappa shape index (κ3) is 2.67. The summed E-state index contributed by atoms with van der Waals surface area (Å²) in [7, 11) is 0. The van der Waals surface area contributed by atoms with Crippen LogP contribution in [0, 0.1) is 13.8 Å². The van der Waals surface area contributed by atoms with Crippen LogP contribution in [-0.4, -0.2) is 15.0 Å². The van der Waals surface area contributed by atoms with Crippen LogP contribution < -0.4 is 5.32 Å². The van der Waals surface area contributed by atoms with Gasteiger partial charge in [-0.3, -0.25) is 0 Å². The zero-order valence-corrected chi connectivity index (χ0v) is 13.0. The SMILES string of the molecule is Cc1nc2ccc(CNc3ncc(Br)cc3C)cc2[nH]1. The zero-order chi connectivity index (χ0) is 14.1. The van der Waals surface area contributed by atoms with E-state index in [4.69, 9.17) is 0 Å². The Labute approximate surface area is 125 Å². The summed E-state index contributed by atoms with van der Waals surface area (Å²) in [4.78, 5) is 12.0. The largest absolute Gasteiger partial charge is 0.366 e. The fourth-order valence-corrected chi connectivity index (χ4v) is 2.65. The van der Waals surface area contributed by atoms with E-state index in [-0.39, 0.29) is 0 Å². The van der Waals surface area contributed by atoms with E-state index in [0.717, 1.165) is 39.3 Å². The van der Waals surface area contributed by atoms with E-state index >= 15 is 0 Å². The number of pyridine rings is 1. The molecule has 3 rings (SSSR count). The van der Waals surface area contributed by atoms with Crippen molar-refractivity contribution >= 4 is 32.8 Å². The third-order valence-corrected chi connectivity index (χ3v) is 3.60. The van der Waals surface area contributed by atoms with E-state index in [1.165, 1.54) is 5.56 Å². The molecule has 0 spiro atoms. The molecule has 0 amide bonds. The van der Waals surface area contributed by atoms with Crippen LogP contribution >= 0.6 is 15.9 Å². The van der Waals surface area contributed by atoms with E-state index in [1.807, 2.05) is 19.9 Å². The summed E-state index contributed by atoms with van der Waals surface area (Å²) < 4.78 is 0.995. The highest BCUT2D eigenvalue weighted by Gasteiger charge is 2.03. The number of anilines is 1. The van der Waals surface area contributed by atoms with Crippen molar-refractivity contribution in [3.63, 3.8) is 0 Å². The van der Waals surface area contributed by atoms with Gasteiger partial charge in [0.2, 0.25) is 0 Å². The van der Waals surface area contributed by atoms with Crippen LogP contribution in [0.5, 0.6) is 0 Å². The molecule has 0 bridgehead atoms. The second-order valence-electron chi connectivity index (χ2n) is 4.85. The second-order valence-corrected chi connectivity index (χ2v) is 5.76. The maximum Gasteiger partial charge on any atom is 0.129 e. The van der Waals surface area contributed by atoms with Crippen molar-refractivity contribution in [3.8, 4) is 0 Å². The third-order valence-electron chi connectivity index (χ3n) is 3.17. The van der Waals surface area contributed by atoms with Gasteiger partial charge in [-0.2, -0.15) is 0 Å². The smallest absolute Gasteiger partial charge is 0.129 e. The maximum absolute atomic E-state index is 4.40. The van der Waals surface area contributed by atoms with Gasteiger partial charge < -0.3 is 10.3 Å². The topological polar surface area (TPSA) is 53.6 Å². The van der Waals surface area contributed by atoms with E-state index in [0.29, 0.717) is 0 Å². The van der Waals surface area contributed by atoms with E-state index in [9.17, 15) is 0 Å². The van der Waals surface area contributed by atoms with Gasteiger partial charge in [0, 0.05) is 17.2 Å². The minimum Gasteiger partial charge on any atom is -0.366 e. The molecule has 2 heterocycles. The van der Waals surface area contributed by atoms with Gasteiger partial charge in [0.25, 0.3) is 0 Å². The van der Waals surface area contributed by atoms with Crippen molar-refractivity contribution in [1.82, 2.24) is 15.0 Å². The molecule has 0 radical (unpaired) electrons. The minimum atomic E-state index is 0.740. The normalized spacial score (nSPS) is 10.9. The number of imidazole rings is 1. The first-order valence-corrected chi connectivity index (χ1v) is 7.22. The molecule has 1 aromatic carbocycles. The number of hydrogen-bond acceptors (Lipinski definition) is 3. The maximum atomic E-state index is 4.40. The molecule has 3 aromatic rings. The number of fused-ring (bicyclic) bond motifs is 1. The second kappa shape index (κ2) is 5.25. The molecule has 2 aromatic heterocycles. The molecule has 0 saturated heterocycles. The Hall–Kier alpha value is -1.88. The summed E-state index contributed by atoms with van der Waals surface area (Å²) in [5.74, 6) is 1.85. The predicted octanol–water partition coefficient (Wildman–Crippen LogP) is 3.95. The minimum absolute atomic E-state index is 0.740. The molecule has 0 aliphatic heterocycles. The number of aromatic nitrogens is 3. The van der Waals surface area contributed by atoms with E-state index in [2.05, 4.69) is 54.4 Å². The molecule has 0 fully saturated rings. The quantitative estimate of drug-likeness (QED) is 0.764. The van der Waals surface area contributed by atoms with Crippen molar-refractivity contribution in [2.24, 2.45) is 0 Å². The summed E-state index contributed by atoms with van der Waals surface area (Å²) >= 11 is 3.42. The Bertz CT molecular complexity index is 764. The summed E-state index contributed by atoms with van der Waals surface area (Å²) in [5.41, 5.74) is 4.40. The van der Waals surface area contributed by atoms with Gasteiger partial charge in [0.15, 0.2) is 0 Å². The Kier molecular flexibility index (Phi) is 3.44. The summed E-state index contributed by atoms with van der Waals surface area (Å²) in [6, 6.07) is 8.30. The highest BCUT2D eigenvalue weighted by Crippen LogP contribution is 2.18. The number of hydrogen-bond donors (Lipinski definition) is 2. The highest BCUT2D eigenvalue weighted by atomic mass is 79.9. The molecule has 102 valence electrons. The van der Waals surface area contributed by atoms with Gasteiger partial charge in [-0.15, -0.1) is 0 Å². The van der Waals surface area contributed by atoms with Gasteiger partial charge in [0.1, 0.15) is 11.6 Å². The lowest BCUT2D eigenvalue weighted by atomic mass is 10.2. The lowest BCUT2D eigenvalue weighted by Gasteiger charge is -2.08. The first kappa shape index (κ1) is 13.1. The van der Waals surface area contributed by atoms with Crippen LogP contribution in [0.25, 0.3) is 11.0 Å². The number of H-pyrrole nitrogens is 1. The average molecular weight is 331 g/mol. The van der Waals surface area contributed by atoms with Crippen molar-refractivity contribution in [1.29, 1.82) is 0 Å². The van der Waals surface area contributed by atoms with Crippen LogP contribution in [0.3, 0.4) is 0 Å². The molecular formula is C15H15BrN4. The summed E-state index contributed by atoms with van der Waals surface area (Å²) in [6.45, 7) is 4.75. The molecule has 4 nitrogen and oxygen atoms in total. The fourth-order valence-electron chi connectivity index (χ4n) is 2.21. The van der Waals surface area contributed by atoms with Crippen LogP contribution in [-0.2, 0) is 6.54 Å². The predicted molar refractivity (Wildman–Crippen MR) is 84.8 cm³/mol. The van der Waals surface area contributed by atoms with Gasteiger partial charge in [0.05, 0.1) is 11.0 Å². The first-order valence-electron chi connectivity index (χ1n) is 6.43. The van der Waals surface area contributed by atoms with Crippen molar-refractivity contribution in [3.05, 3.63) is 51.9 Å². The van der Waals surface area contributed by atoms with Gasteiger partial charge >= 0.3 is 0 Å². The van der Waals surface area contributed by atoms with Crippen LogP contribution in [0.15, 0.2) is 34.9 Å². The molecule has 20 heavy (non-hydrogen) atoms. The van der Waals surface area contributed by atoms with E-state index < -0.39 is 0 Å². The van der Waals surface area contributed by atoms with E-state index in [1.54, 1.807) is 6.20 Å².